The molecule has 4 rings (SSSR count). The van der Waals surface area contributed by atoms with Crippen LogP contribution in [0.25, 0.3) is 22.8 Å². The summed E-state index contributed by atoms with van der Waals surface area (Å²) in [6, 6.07) is 23.2. The largest absolute Gasteiger partial charge is 0.255 e. The molecule has 0 saturated carbocycles. The van der Waals surface area contributed by atoms with Gasteiger partial charge in [-0.3, -0.25) is 19.9 Å². The third-order valence-corrected chi connectivity index (χ3v) is 3.18. The molecule has 0 aliphatic carbocycles. The summed E-state index contributed by atoms with van der Waals surface area (Å²) in [5.41, 5.74) is 3.66. The van der Waals surface area contributed by atoms with Crippen molar-refractivity contribution in [3.05, 3.63) is 97.6 Å². The van der Waals surface area contributed by atoms with Gasteiger partial charge < -0.3 is 0 Å². The predicted molar refractivity (Wildman–Crippen MR) is 109 cm³/mol. The van der Waals surface area contributed by atoms with E-state index in [0.29, 0.717) is 0 Å². The SMILES string of the molecule is Cl.Cl.[Ru].c1ccc(-c2ccccn2)nc1.c1ccc(-c2ccccn2)nc1. The first kappa shape index (κ1) is 24.8. The van der Waals surface area contributed by atoms with Gasteiger partial charge in [0.15, 0.2) is 0 Å². The third kappa shape index (κ3) is 7.92. The van der Waals surface area contributed by atoms with Gasteiger partial charge in [-0.2, -0.15) is 0 Å². The van der Waals surface area contributed by atoms with Crippen molar-refractivity contribution < 1.29 is 19.5 Å². The van der Waals surface area contributed by atoms with Crippen LogP contribution < -0.4 is 0 Å². The van der Waals surface area contributed by atoms with Crippen molar-refractivity contribution in [2.24, 2.45) is 0 Å². The third-order valence-electron chi connectivity index (χ3n) is 3.18. The minimum atomic E-state index is 0. The molecular formula is C20H18Cl2N4Ru. The molecular weight excluding hydrogens is 468 g/mol. The summed E-state index contributed by atoms with van der Waals surface area (Å²) in [5.74, 6) is 0. The molecule has 0 amide bonds. The number of hydrogen-bond acceptors (Lipinski definition) is 4. The van der Waals surface area contributed by atoms with E-state index in [4.69, 9.17) is 0 Å². The van der Waals surface area contributed by atoms with Crippen molar-refractivity contribution >= 4 is 24.8 Å². The van der Waals surface area contributed by atoms with Crippen LogP contribution in [0.15, 0.2) is 97.6 Å². The summed E-state index contributed by atoms with van der Waals surface area (Å²) < 4.78 is 0. The fourth-order valence-electron chi connectivity index (χ4n) is 2.06. The van der Waals surface area contributed by atoms with Gasteiger partial charge in [-0.15, -0.1) is 24.8 Å². The Kier molecular flexibility index (Phi) is 12.8. The van der Waals surface area contributed by atoms with Crippen molar-refractivity contribution in [2.45, 2.75) is 0 Å². The average molecular weight is 486 g/mol. The van der Waals surface area contributed by atoms with Crippen LogP contribution in [0.5, 0.6) is 0 Å². The number of aromatic nitrogens is 4. The Morgan fingerprint density at radius 1 is 0.370 bits per heavy atom. The van der Waals surface area contributed by atoms with Crippen LogP contribution in [0.2, 0.25) is 0 Å². The molecule has 4 aromatic heterocycles. The molecule has 0 aromatic carbocycles. The Morgan fingerprint density at radius 2 is 0.593 bits per heavy atom. The van der Waals surface area contributed by atoms with Crippen LogP contribution in [0.4, 0.5) is 0 Å². The predicted octanol–water partition coefficient (Wildman–Crippen LogP) is 5.13. The van der Waals surface area contributed by atoms with Gasteiger partial charge in [0, 0.05) is 44.3 Å². The summed E-state index contributed by atoms with van der Waals surface area (Å²) in [6.45, 7) is 0. The van der Waals surface area contributed by atoms with Crippen molar-refractivity contribution in [2.75, 3.05) is 0 Å². The Labute approximate surface area is 184 Å². The number of pyridine rings is 4. The fourth-order valence-corrected chi connectivity index (χ4v) is 2.06. The zero-order valence-electron chi connectivity index (χ0n) is 14.2. The molecule has 0 fully saturated rings. The Balaban J connectivity index is 0.000000451. The molecule has 140 valence electrons. The molecule has 4 heterocycles. The van der Waals surface area contributed by atoms with Crippen molar-refractivity contribution in [1.29, 1.82) is 0 Å². The summed E-state index contributed by atoms with van der Waals surface area (Å²) >= 11 is 0. The molecule has 4 nitrogen and oxygen atoms in total. The molecule has 0 spiro atoms. The van der Waals surface area contributed by atoms with E-state index in [1.165, 1.54) is 0 Å². The van der Waals surface area contributed by atoms with Gasteiger partial charge in [-0.1, -0.05) is 24.3 Å². The van der Waals surface area contributed by atoms with Gasteiger partial charge in [0.1, 0.15) is 0 Å². The maximum absolute atomic E-state index is 4.19. The number of hydrogen-bond donors (Lipinski definition) is 0. The average Bonchev–Trinajstić information content (AvgIpc) is 2.71. The quantitative estimate of drug-likeness (QED) is 0.369. The maximum Gasteiger partial charge on any atom is 0.0886 e. The fraction of sp³-hybridized carbons (Fsp3) is 0. The summed E-state index contributed by atoms with van der Waals surface area (Å²) in [4.78, 5) is 16.7. The van der Waals surface area contributed by atoms with E-state index in [1.807, 2.05) is 72.8 Å². The van der Waals surface area contributed by atoms with Gasteiger partial charge in [0.05, 0.1) is 22.8 Å². The molecule has 0 N–H and O–H groups in total. The molecule has 0 aliphatic rings. The molecule has 4 aromatic rings. The molecule has 0 radical (unpaired) electrons. The van der Waals surface area contributed by atoms with E-state index in [-0.39, 0.29) is 44.3 Å². The van der Waals surface area contributed by atoms with Gasteiger partial charge in [-0.05, 0) is 48.5 Å². The van der Waals surface area contributed by atoms with Crippen molar-refractivity contribution in [1.82, 2.24) is 19.9 Å². The van der Waals surface area contributed by atoms with Crippen LogP contribution in [0.1, 0.15) is 0 Å². The van der Waals surface area contributed by atoms with Crippen molar-refractivity contribution in [3.8, 4) is 22.8 Å². The minimum absolute atomic E-state index is 0. The van der Waals surface area contributed by atoms with Gasteiger partial charge in [0.2, 0.25) is 0 Å². The van der Waals surface area contributed by atoms with Gasteiger partial charge in [0.25, 0.3) is 0 Å². The first-order valence-electron chi connectivity index (χ1n) is 7.58. The van der Waals surface area contributed by atoms with E-state index in [1.54, 1.807) is 24.8 Å². The van der Waals surface area contributed by atoms with Crippen LogP contribution in [0, 0.1) is 0 Å². The second-order valence-corrected chi connectivity index (χ2v) is 4.86. The second-order valence-electron chi connectivity index (χ2n) is 4.86. The van der Waals surface area contributed by atoms with Crippen molar-refractivity contribution in [3.63, 3.8) is 0 Å². The summed E-state index contributed by atoms with van der Waals surface area (Å²) in [5, 5.41) is 0. The molecule has 27 heavy (non-hydrogen) atoms. The zero-order chi connectivity index (χ0) is 16.5. The molecule has 7 heteroatoms. The van der Waals surface area contributed by atoms with Crippen LogP contribution in [-0.2, 0) is 19.5 Å². The zero-order valence-corrected chi connectivity index (χ0v) is 17.6. The molecule has 0 bridgehead atoms. The number of rotatable bonds is 2. The monoisotopic (exact) mass is 486 g/mol. The topological polar surface area (TPSA) is 51.6 Å². The van der Waals surface area contributed by atoms with Crippen LogP contribution in [0.3, 0.4) is 0 Å². The standard InChI is InChI=1S/2C10H8N2.2ClH.Ru/c2*1-3-7-11-9(5-1)10-6-2-4-8-12-10;;;/h2*1-8H;2*1H;. The normalized spacial score (nSPS) is 8.59. The molecule has 0 unspecified atom stereocenters. The van der Waals surface area contributed by atoms with E-state index in [0.717, 1.165) is 22.8 Å². The first-order chi connectivity index (χ1) is 11.9. The smallest absolute Gasteiger partial charge is 0.0886 e. The van der Waals surface area contributed by atoms with E-state index in [9.17, 15) is 0 Å². The second kappa shape index (κ2) is 13.9. The van der Waals surface area contributed by atoms with E-state index in [2.05, 4.69) is 19.9 Å². The number of halogens is 2. The Bertz CT molecular complexity index is 702. The van der Waals surface area contributed by atoms with Gasteiger partial charge in [-0.25, -0.2) is 0 Å². The Morgan fingerprint density at radius 3 is 0.741 bits per heavy atom. The van der Waals surface area contributed by atoms with Crippen LogP contribution >= 0.6 is 24.8 Å². The molecule has 0 aliphatic heterocycles. The Hall–Kier alpha value is -2.20. The molecule has 0 saturated heterocycles. The maximum atomic E-state index is 4.19. The minimum Gasteiger partial charge on any atom is -0.255 e. The van der Waals surface area contributed by atoms with E-state index < -0.39 is 0 Å². The molecule has 0 atom stereocenters. The summed E-state index contributed by atoms with van der Waals surface area (Å²) in [7, 11) is 0. The number of nitrogens with zero attached hydrogens (tertiary/aromatic N) is 4. The van der Waals surface area contributed by atoms with E-state index >= 15 is 0 Å². The summed E-state index contributed by atoms with van der Waals surface area (Å²) in [6.07, 6.45) is 7.07. The van der Waals surface area contributed by atoms with Gasteiger partial charge >= 0.3 is 0 Å². The van der Waals surface area contributed by atoms with Crippen LogP contribution in [-0.4, -0.2) is 19.9 Å². The first-order valence-corrected chi connectivity index (χ1v) is 7.58.